The molecular formula is C21H19N5O. The monoisotopic (exact) mass is 357 g/mol. The Bertz CT molecular complexity index is 1150. The lowest BCUT2D eigenvalue weighted by atomic mass is 10.1. The minimum atomic E-state index is -0.302. The number of pyridine rings is 1. The molecule has 0 unspecified atom stereocenters. The Hall–Kier alpha value is -3.54. The number of hydrogen-bond donors (Lipinski definition) is 1. The molecule has 0 aliphatic rings. The fourth-order valence-corrected chi connectivity index (χ4v) is 3.09. The zero-order chi connectivity index (χ0) is 19.0. The van der Waals surface area contributed by atoms with Crippen LogP contribution in [0.25, 0.3) is 16.6 Å². The van der Waals surface area contributed by atoms with Crippen LogP contribution in [0.1, 0.15) is 27.3 Å². The molecule has 0 spiro atoms. The van der Waals surface area contributed by atoms with Gasteiger partial charge in [-0.2, -0.15) is 0 Å². The van der Waals surface area contributed by atoms with E-state index in [1.807, 2.05) is 69.3 Å². The van der Waals surface area contributed by atoms with Crippen LogP contribution in [0.15, 0.2) is 54.7 Å². The van der Waals surface area contributed by atoms with Gasteiger partial charge < -0.3 is 5.32 Å². The lowest BCUT2D eigenvalue weighted by Crippen LogP contribution is -2.15. The summed E-state index contributed by atoms with van der Waals surface area (Å²) in [7, 11) is 0. The third-order valence-corrected chi connectivity index (χ3v) is 4.49. The number of nitrogens with zero attached hydrogens (tertiary/aromatic N) is 4. The number of fused-ring (bicyclic) bond motifs is 1. The Balaban J connectivity index is 1.68. The van der Waals surface area contributed by atoms with Gasteiger partial charge >= 0.3 is 0 Å². The van der Waals surface area contributed by atoms with E-state index in [0.717, 1.165) is 27.7 Å². The van der Waals surface area contributed by atoms with Gasteiger partial charge in [0.25, 0.3) is 5.91 Å². The minimum absolute atomic E-state index is 0.293. The Morgan fingerprint density at radius 3 is 2.56 bits per heavy atom. The van der Waals surface area contributed by atoms with E-state index < -0.39 is 0 Å². The summed E-state index contributed by atoms with van der Waals surface area (Å²) >= 11 is 0. The number of hydrogen-bond acceptors (Lipinski definition) is 4. The second-order valence-corrected chi connectivity index (χ2v) is 6.61. The fraction of sp³-hybridized carbons (Fsp3) is 0.143. The number of carbonyl (C=O) groups is 1. The normalized spacial score (nSPS) is 10.9. The SMILES string of the molecule is Cc1ccc(-n2nnc(C(=O)Nc3cc(C)cc4cccnc34)c2C)cc1. The highest BCUT2D eigenvalue weighted by atomic mass is 16.2. The average Bonchev–Trinajstić information content (AvgIpc) is 3.04. The van der Waals surface area contributed by atoms with Gasteiger partial charge in [-0.25, -0.2) is 4.68 Å². The molecule has 2 aromatic carbocycles. The van der Waals surface area contributed by atoms with Crippen LogP contribution in [0.5, 0.6) is 0 Å². The topological polar surface area (TPSA) is 72.7 Å². The van der Waals surface area contributed by atoms with Crippen LogP contribution in [-0.4, -0.2) is 25.9 Å². The molecule has 6 heteroatoms. The van der Waals surface area contributed by atoms with Crippen molar-refractivity contribution in [2.45, 2.75) is 20.8 Å². The molecule has 0 atom stereocenters. The van der Waals surface area contributed by atoms with Crippen molar-refractivity contribution in [3.8, 4) is 5.69 Å². The zero-order valence-electron chi connectivity index (χ0n) is 15.4. The standard InChI is InChI=1S/C21H19N5O/c1-13-6-8-17(9-7-13)26-15(3)19(24-25-26)21(27)23-18-12-14(2)11-16-5-4-10-22-20(16)18/h4-12H,1-3H3,(H,23,27). The van der Waals surface area contributed by atoms with E-state index in [0.29, 0.717) is 17.1 Å². The number of anilines is 1. The molecule has 0 saturated heterocycles. The Morgan fingerprint density at radius 2 is 1.78 bits per heavy atom. The van der Waals surface area contributed by atoms with Crippen molar-refractivity contribution in [3.63, 3.8) is 0 Å². The van der Waals surface area contributed by atoms with Gasteiger partial charge in [-0.05, 0) is 56.7 Å². The first kappa shape index (κ1) is 16.9. The van der Waals surface area contributed by atoms with E-state index >= 15 is 0 Å². The molecule has 0 saturated carbocycles. The Kier molecular flexibility index (Phi) is 4.16. The molecular weight excluding hydrogens is 338 g/mol. The highest BCUT2D eigenvalue weighted by molar-refractivity contribution is 6.08. The van der Waals surface area contributed by atoms with E-state index in [1.54, 1.807) is 10.9 Å². The maximum absolute atomic E-state index is 12.8. The molecule has 1 N–H and O–H groups in total. The summed E-state index contributed by atoms with van der Waals surface area (Å²) in [4.78, 5) is 17.2. The van der Waals surface area contributed by atoms with E-state index in [-0.39, 0.29) is 5.91 Å². The number of rotatable bonds is 3. The molecule has 0 fully saturated rings. The second kappa shape index (κ2) is 6.64. The van der Waals surface area contributed by atoms with Crippen LogP contribution in [0.2, 0.25) is 0 Å². The maximum atomic E-state index is 12.8. The van der Waals surface area contributed by atoms with Crippen molar-refractivity contribution < 1.29 is 4.79 Å². The fourth-order valence-electron chi connectivity index (χ4n) is 3.09. The van der Waals surface area contributed by atoms with Gasteiger partial charge in [0.15, 0.2) is 5.69 Å². The summed E-state index contributed by atoms with van der Waals surface area (Å²) in [5.41, 5.74) is 5.47. The van der Waals surface area contributed by atoms with Gasteiger partial charge in [0.1, 0.15) is 0 Å². The summed E-state index contributed by atoms with van der Waals surface area (Å²) in [5.74, 6) is -0.302. The Labute approximate surface area is 156 Å². The average molecular weight is 357 g/mol. The quantitative estimate of drug-likeness (QED) is 0.602. The number of nitrogens with one attached hydrogen (secondary N) is 1. The summed E-state index contributed by atoms with van der Waals surface area (Å²) < 4.78 is 1.67. The van der Waals surface area contributed by atoms with E-state index in [9.17, 15) is 4.79 Å². The predicted molar refractivity (Wildman–Crippen MR) is 105 cm³/mol. The van der Waals surface area contributed by atoms with Crippen molar-refractivity contribution in [2.24, 2.45) is 0 Å². The van der Waals surface area contributed by atoms with Crippen molar-refractivity contribution >= 4 is 22.5 Å². The number of carbonyl (C=O) groups excluding carboxylic acids is 1. The summed E-state index contributed by atoms with van der Waals surface area (Å²) in [5, 5.41) is 12.2. The van der Waals surface area contributed by atoms with Crippen LogP contribution in [0, 0.1) is 20.8 Å². The Morgan fingerprint density at radius 1 is 1.00 bits per heavy atom. The van der Waals surface area contributed by atoms with E-state index in [2.05, 4.69) is 20.6 Å². The van der Waals surface area contributed by atoms with Gasteiger partial charge in [-0.15, -0.1) is 5.10 Å². The number of aromatic nitrogens is 4. The summed E-state index contributed by atoms with van der Waals surface area (Å²) in [6.07, 6.45) is 1.71. The van der Waals surface area contributed by atoms with Crippen LogP contribution in [0.3, 0.4) is 0 Å². The third-order valence-electron chi connectivity index (χ3n) is 4.49. The molecule has 0 bridgehead atoms. The first-order chi connectivity index (χ1) is 13.0. The molecule has 134 valence electrons. The molecule has 0 aliphatic heterocycles. The molecule has 0 radical (unpaired) electrons. The largest absolute Gasteiger partial charge is 0.319 e. The molecule has 2 heterocycles. The second-order valence-electron chi connectivity index (χ2n) is 6.61. The highest BCUT2D eigenvalue weighted by Gasteiger charge is 2.18. The van der Waals surface area contributed by atoms with Gasteiger partial charge in [0, 0.05) is 11.6 Å². The maximum Gasteiger partial charge on any atom is 0.278 e. The molecule has 2 aromatic heterocycles. The summed E-state index contributed by atoms with van der Waals surface area (Å²) in [6, 6.07) is 15.7. The van der Waals surface area contributed by atoms with Crippen molar-refractivity contribution in [3.05, 3.63) is 77.2 Å². The van der Waals surface area contributed by atoms with Crippen molar-refractivity contribution in [1.29, 1.82) is 0 Å². The van der Waals surface area contributed by atoms with E-state index in [4.69, 9.17) is 0 Å². The number of amides is 1. The first-order valence-electron chi connectivity index (χ1n) is 8.69. The molecule has 1 amide bonds. The lowest BCUT2D eigenvalue weighted by molar-refractivity contribution is 0.102. The van der Waals surface area contributed by atoms with Crippen LogP contribution in [-0.2, 0) is 0 Å². The van der Waals surface area contributed by atoms with Crippen molar-refractivity contribution in [2.75, 3.05) is 5.32 Å². The summed E-state index contributed by atoms with van der Waals surface area (Å²) in [6.45, 7) is 5.85. The van der Waals surface area contributed by atoms with Crippen LogP contribution in [0.4, 0.5) is 5.69 Å². The molecule has 4 rings (SSSR count). The van der Waals surface area contributed by atoms with Crippen molar-refractivity contribution in [1.82, 2.24) is 20.0 Å². The zero-order valence-corrected chi connectivity index (χ0v) is 15.4. The minimum Gasteiger partial charge on any atom is -0.319 e. The smallest absolute Gasteiger partial charge is 0.278 e. The number of aryl methyl sites for hydroxylation is 2. The van der Waals surface area contributed by atoms with Gasteiger partial charge in [0.2, 0.25) is 0 Å². The first-order valence-corrected chi connectivity index (χ1v) is 8.69. The van der Waals surface area contributed by atoms with Gasteiger partial charge in [-0.1, -0.05) is 29.0 Å². The molecule has 6 nitrogen and oxygen atoms in total. The highest BCUT2D eigenvalue weighted by Crippen LogP contribution is 2.24. The van der Waals surface area contributed by atoms with Crippen LogP contribution < -0.4 is 5.32 Å². The third kappa shape index (κ3) is 3.17. The molecule has 27 heavy (non-hydrogen) atoms. The molecule has 0 aliphatic carbocycles. The predicted octanol–water partition coefficient (Wildman–Crippen LogP) is 3.99. The molecule has 4 aromatic rings. The van der Waals surface area contributed by atoms with Crippen LogP contribution >= 0.6 is 0 Å². The van der Waals surface area contributed by atoms with Gasteiger partial charge in [0.05, 0.1) is 22.6 Å². The number of benzene rings is 2. The lowest BCUT2D eigenvalue weighted by Gasteiger charge is -2.09. The van der Waals surface area contributed by atoms with E-state index in [1.165, 1.54) is 0 Å². The van der Waals surface area contributed by atoms with Gasteiger partial charge in [-0.3, -0.25) is 9.78 Å².